The lowest BCUT2D eigenvalue weighted by molar-refractivity contribution is 0.383. The molecule has 0 saturated heterocycles. The van der Waals surface area contributed by atoms with Gasteiger partial charge in [0.25, 0.3) is 0 Å². The zero-order valence-electron chi connectivity index (χ0n) is 7.50. The molecule has 1 aliphatic heterocycles. The number of thiol groups is 1. The Hall–Kier alpha value is -0.870. The van der Waals surface area contributed by atoms with E-state index >= 15 is 0 Å². The zero-order chi connectivity index (χ0) is 9.97. The highest BCUT2D eigenvalue weighted by molar-refractivity contribution is 8.10. The quantitative estimate of drug-likeness (QED) is 0.580. The van der Waals surface area contributed by atoms with Crippen LogP contribution in [0.5, 0.6) is 0 Å². The lowest BCUT2D eigenvalue weighted by Gasteiger charge is -2.21. The molecule has 4 heteroatoms. The lowest BCUT2D eigenvalue weighted by atomic mass is 10.1. The summed E-state index contributed by atoms with van der Waals surface area (Å²) in [6.07, 6.45) is 2.77. The third kappa shape index (κ3) is 1.81. The van der Waals surface area contributed by atoms with Crippen molar-refractivity contribution in [2.24, 2.45) is 5.10 Å². The predicted molar refractivity (Wildman–Crippen MR) is 65.7 cm³/mol. The van der Waals surface area contributed by atoms with E-state index in [1.165, 1.54) is 5.56 Å². The third-order valence-corrected chi connectivity index (χ3v) is 2.60. The Kier molecular flexibility index (Phi) is 2.84. The second kappa shape index (κ2) is 4.11. The van der Waals surface area contributed by atoms with Crippen molar-refractivity contribution >= 4 is 35.4 Å². The molecule has 0 radical (unpaired) electrons. The number of hydrogen-bond acceptors (Lipinski definition) is 2. The van der Waals surface area contributed by atoms with Crippen LogP contribution in [0, 0.1) is 0 Å². The van der Waals surface area contributed by atoms with Gasteiger partial charge in [-0.2, -0.15) is 5.10 Å². The van der Waals surface area contributed by atoms with Crippen LogP contribution >= 0.6 is 24.8 Å². The molecule has 1 aliphatic rings. The van der Waals surface area contributed by atoms with E-state index < -0.39 is 0 Å². The second-order valence-electron chi connectivity index (χ2n) is 3.09. The van der Waals surface area contributed by atoms with Gasteiger partial charge in [0.05, 0.1) is 6.04 Å². The highest BCUT2D eigenvalue weighted by atomic mass is 32.1. The highest BCUT2D eigenvalue weighted by Gasteiger charge is 2.23. The van der Waals surface area contributed by atoms with Gasteiger partial charge in [-0.15, -0.1) is 12.6 Å². The Balaban J connectivity index is 2.24. The summed E-state index contributed by atoms with van der Waals surface area (Å²) in [6.45, 7) is 0. The van der Waals surface area contributed by atoms with Crippen LogP contribution in [-0.4, -0.2) is 15.5 Å². The maximum absolute atomic E-state index is 5.01. The maximum atomic E-state index is 5.01. The van der Waals surface area contributed by atoms with Crippen LogP contribution in [0.4, 0.5) is 0 Å². The fourth-order valence-electron chi connectivity index (χ4n) is 1.55. The van der Waals surface area contributed by atoms with E-state index in [9.17, 15) is 0 Å². The molecular formula is C10H10N2S2. The van der Waals surface area contributed by atoms with Crippen molar-refractivity contribution in [3.63, 3.8) is 0 Å². The van der Waals surface area contributed by atoms with Crippen LogP contribution < -0.4 is 0 Å². The fourth-order valence-corrected chi connectivity index (χ4v) is 1.92. The van der Waals surface area contributed by atoms with Gasteiger partial charge >= 0.3 is 0 Å². The molecule has 0 saturated carbocycles. The van der Waals surface area contributed by atoms with Crippen LogP contribution in [0.3, 0.4) is 0 Å². The number of rotatable bonds is 1. The largest absolute Gasteiger partial charge is 0.241 e. The van der Waals surface area contributed by atoms with E-state index in [1.807, 2.05) is 24.4 Å². The van der Waals surface area contributed by atoms with E-state index in [1.54, 1.807) is 5.01 Å². The van der Waals surface area contributed by atoms with Crippen molar-refractivity contribution in [3.8, 4) is 0 Å². The molecule has 0 bridgehead atoms. The minimum atomic E-state index is 0.223. The third-order valence-electron chi connectivity index (χ3n) is 2.21. The van der Waals surface area contributed by atoms with Crippen molar-refractivity contribution in [3.05, 3.63) is 35.9 Å². The Morgan fingerprint density at radius 3 is 2.79 bits per heavy atom. The molecule has 1 aromatic carbocycles. The molecule has 72 valence electrons. The van der Waals surface area contributed by atoms with E-state index in [0.29, 0.717) is 4.32 Å². The summed E-state index contributed by atoms with van der Waals surface area (Å²) in [5.41, 5.74) is 1.22. The molecule has 0 N–H and O–H groups in total. The first kappa shape index (κ1) is 9.68. The molecule has 1 aromatic rings. The molecule has 2 rings (SSSR count). The Morgan fingerprint density at radius 2 is 2.14 bits per heavy atom. The first-order chi connectivity index (χ1) is 6.79. The monoisotopic (exact) mass is 222 g/mol. The Labute approximate surface area is 94.0 Å². The minimum Gasteiger partial charge on any atom is -0.241 e. The summed E-state index contributed by atoms with van der Waals surface area (Å²) in [5.74, 6) is 0. The average molecular weight is 222 g/mol. The number of hydrazone groups is 1. The van der Waals surface area contributed by atoms with Gasteiger partial charge in [-0.3, -0.25) is 0 Å². The van der Waals surface area contributed by atoms with Crippen molar-refractivity contribution in [1.29, 1.82) is 0 Å². The maximum Gasteiger partial charge on any atom is 0.154 e. The first-order valence-corrected chi connectivity index (χ1v) is 5.24. The van der Waals surface area contributed by atoms with Crippen molar-refractivity contribution in [2.75, 3.05) is 0 Å². The lowest BCUT2D eigenvalue weighted by Crippen LogP contribution is -2.21. The van der Waals surface area contributed by atoms with E-state index in [-0.39, 0.29) is 6.04 Å². The SMILES string of the molecule is S=C(S)N1N=CC[C@H]1c1ccccc1. The summed E-state index contributed by atoms with van der Waals surface area (Å²) < 4.78 is 0.521. The topological polar surface area (TPSA) is 15.6 Å². The van der Waals surface area contributed by atoms with Crippen molar-refractivity contribution < 1.29 is 0 Å². The van der Waals surface area contributed by atoms with Crippen molar-refractivity contribution in [1.82, 2.24) is 5.01 Å². The predicted octanol–water partition coefficient (Wildman–Crippen LogP) is 2.63. The molecule has 1 heterocycles. The first-order valence-electron chi connectivity index (χ1n) is 4.38. The van der Waals surface area contributed by atoms with Crippen LogP contribution in [0.25, 0.3) is 0 Å². The van der Waals surface area contributed by atoms with Gasteiger partial charge in [0.1, 0.15) is 0 Å². The van der Waals surface area contributed by atoms with E-state index in [4.69, 9.17) is 12.2 Å². The summed E-state index contributed by atoms with van der Waals surface area (Å²) in [4.78, 5) is 0. The normalized spacial score (nSPS) is 20.1. The number of hydrogen-bond donors (Lipinski definition) is 1. The van der Waals surface area contributed by atoms with Gasteiger partial charge < -0.3 is 0 Å². The highest BCUT2D eigenvalue weighted by Crippen LogP contribution is 2.28. The molecule has 14 heavy (non-hydrogen) atoms. The van der Waals surface area contributed by atoms with Gasteiger partial charge in [-0.25, -0.2) is 5.01 Å². The summed E-state index contributed by atoms with van der Waals surface area (Å²) >= 11 is 9.16. The fraction of sp³-hybridized carbons (Fsp3) is 0.200. The van der Waals surface area contributed by atoms with Gasteiger partial charge in [-0.05, 0) is 5.56 Å². The van der Waals surface area contributed by atoms with Crippen molar-refractivity contribution in [2.45, 2.75) is 12.5 Å². The standard InChI is InChI=1S/C10H10N2S2/c13-10(14)12-9(6-7-11-12)8-4-2-1-3-5-8/h1-5,7,9H,6H2,(H,13,14)/t9-/m0/s1. The molecule has 0 aliphatic carbocycles. The van der Waals surface area contributed by atoms with Gasteiger partial charge in [0, 0.05) is 12.6 Å². The molecule has 0 unspecified atom stereocenters. The number of thiocarbonyl (C=S) groups is 1. The Morgan fingerprint density at radius 1 is 1.43 bits per heavy atom. The van der Waals surface area contributed by atoms with E-state index in [2.05, 4.69) is 29.9 Å². The molecule has 0 amide bonds. The summed E-state index contributed by atoms with van der Waals surface area (Å²) in [6, 6.07) is 10.4. The van der Waals surface area contributed by atoms with E-state index in [0.717, 1.165) is 6.42 Å². The molecule has 2 nitrogen and oxygen atoms in total. The summed E-state index contributed by atoms with van der Waals surface area (Å²) in [7, 11) is 0. The van der Waals surface area contributed by atoms with Crippen LogP contribution in [0.2, 0.25) is 0 Å². The molecule has 0 fully saturated rings. The second-order valence-corrected chi connectivity index (χ2v) is 4.20. The summed E-state index contributed by atoms with van der Waals surface area (Å²) in [5, 5.41) is 5.96. The number of benzene rings is 1. The average Bonchev–Trinajstić information content (AvgIpc) is 2.67. The molecule has 0 aromatic heterocycles. The van der Waals surface area contributed by atoms with Gasteiger partial charge in [-0.1, -0.05) is 42.5 Å². The Bertz CT molecular complexity index is 362. The van der Waals surface area contributed by atoms with Crippen LogP contribution in [0.1, 0.15) is 18.0 Å². The number of nitrogens with zero attached hydrogens (tertiary/aromatic N) is 2. The smallest absolute Gasteiger partial charge is 0.154 e. The van der Waals surface area contributed by atoms with Crippen LogP contribution in [0.15, 0.2) is 35.4 Å². The minimum absolute atomic E-state index is 0.223. The zero-order valence-corrected chi connectivity index (χ0v) is 9.21. The molecule has 1 atom stereocenters. The molecule has 0 spiro atoms. The van der Waals surface area contributed by atoms with Crippen LogP contribution in [-0.2, 0) is 0 Å². The van der Waals surface area contributed by atoms with Gasteiger partial charge in [0.15, 0.2) is 4.32 Å². The van der Waals surface area contributed by atoms with Gasteiger partial charge in [0.2, 0.25) is 0 Å². The molecular weight excluding hydrogens is 212 g/mol.